The zero-order chi connectivity index (χ0) is 26.1. The number of aliphatic imine (C=N–C) groups is 1. The first-order chi connectivity index (χ1) is 17.8. The summed E-state index contributed by atoms with van der Waals surface area (Å²) in [7, 11) is 0. The molecule has 1 aliphatic carbocycles. The first-order valence-electron chi connectivity index (χ1n) is 11.5. The van der Waals surface area contributed by atoms with Gasteiger partial charge in [-0.15, -0.1) is 23.1 Å². The van der Waals surface area contributed by atoms with E-state index in [0.717, 1.165) is 41.9 Å². The smallest absolute Gasteiger partial charge is 0.857 e. The van der Waals surface area contributed by atoms with Crippen molar-refractivity contribution in [3.05, 3.63) is 45.9 Å². The summed E-state index contributed by atoms with van der Waals surface area (Å²) in [6.07, 6.45) is 6.83. The zero-order valence-electron chi connectivity index (χ0n) is 20.7. The van der Waals surface area contributed by atoms with Crippen LogP contribution in [0.4, 0.5) is 5.13 Å². The van der Waals surface area contributed by atoms with Crippen molar-refractivity contribution in [3.63, 3.8) is 0 Å². The molecule has 2 aliphatic heterocycles. The number of allylic oxidation sites excluding steroid dienone is 1. The molecule has 0 spiro atoms. The number of β-lactam (4-membered cyclic amide) rings is 1. The molecule has 0 aromatic carbocycles. The van der Waals surface area contributed by atoms with Crippen molar-refractivity contribution < 1.29 is 58.7 Å². The molecule has 3 N–H and O–H groups in total. The summed E-state index contributed by atoms with van der Waals surface area (Å²) >= 11 is 2.46. The van der Waals surface area contributed by atoms with Crippen LogP contribution in [0.3, 0.4) is 0 Å². The van der Waals surface area contributed by atoms with E-state index in [2.05, 4.69) is 20.3 Å². The SMILES string of the molecule is Cc1cc(/C=C/C2=C(C(=O)O)N3C(=O)C(N=C([O-])/C(=N\OC4CCCC4)c4csc(N)n4)C3SC2)on1.[Na+]. The molecule has 2 aromatic heterocycles. The number of rotatable bonds is 8. The number of amides is 1. The summed E-state index contributed by atoms with van der Waals surface area (Å²) in [6.45, 7) is 1.77. The second-order valence-electron chi connectivity index (χ2n) is 8.69. The number of hydrogen-bond donors (Lipinski definition) is 2. The van der Waals surface area contributed by atoms with E-state index < -0.39 is 29.2 Å². The monoisotopic (exact) mass is 566 g/mol. The van der Waals surface area contributed by atoms with Crippen LogP contribution in [0.2, 0.25) is 0 Å². The van der Waals surface area contributed by atoms with Crippen LogP contribution in [0.1, 0.15) is 42.8 Å². The van der Waals surface area contributed by atoms with Gasteiger partial charge in [-0.3, -0.25) is 14.7 Å². The summed E-state index contributed by atoms with van der Waals surface area (Å²) in [6, 6.07) is 0.652. The molecule has 2 atom stereocenters. The largest absolute Gasteiger partial charge is 1.00 e. The Morgan fingerprint density at radius 3 is 2.76 bits per heavy atom. The Morgan fingerprint density at radius 2 is 2.13 bits per heavy atom. The van der Waals surface area contributed by atoms with Gasteiger partial charge >= 0.3 is 35.5 Å². The Bertz CT molecular complexity index is 1350. The molecular weight excluding hydrogens is 543 g/mol. The Balaban J connectivity index is 0.00000336. The number of oxime groups is 1. The van der Waals surface area contributed by atoms with E-state index in [0.29, 0.717) is 22.8 Å². The number of nitrogen functional groups attached to an aromatic ring is 1. The van der Waals surface area contributed by atoms with Gasteiger partial charge in [-0.05, 0) is 44.3 Å². The second kappa shape index (κ2) is 12.0. The standard InChI is InChI=1S/C23H24N6O6S2.Na/c1-11-8-14(35-27-11)7-6-12-9-36-21-17(20(31)29(21)18(12)22(32)33)26-19(30)16(15-10-37-23(24)25-15)28-34-13-4-2-3-5-13;/h6-8,10,13,17,21H,2-5,9H2,1H3,(H2,24,25)(H,26,30)(H,32,33);/q;+1/p-1/b7-6+,28-16-;. The number of anilines is 1. The van der Waals surface area contributed by atoms with Gasteiger partial charge in [0.25, 0.3) is 5.91 Å². The summed E-state index contributed by atoms with van der Waals surface area (Å²) in [4.78, 5) is 40.0. The summed E-state index contributed by atoms with van der Waals surface area (Å²) < 4.78 is 5.13. The Morgan fingerprint density at radius 1 is 1.37 bits per heavy atom. The van der Waals surface area contributed by atoms with Gasteiger partial charge in [0.15, 0.2) is 16.9 Å². The molecule has 1 saturated heterocycles. The van der Waals surface area contributed by atoms with Crippen LogP contribution in [0, 0.1) is 6.92 Å². The molecule has 1 amide bonds. The predicted molar refractivity (Wildman–Crippen MR) is 136 cm³/mol. The number of carbonyl (C=O) groups excluding carboxylic acids is 1. The van der Waals surface area contributed by atoms with Crippen LogP contribution >= 0.6 is 23.1 Å². The summed E-state index contributed by atoms with van der Waals surface area (Å²) in [5, 5.41) is 32.0. The molecule has 2 fully saturated rings. The number of thioether (sulfide) groups is 1. The van der Waals surface area contributed by atoms with E-state index in [9.17, 15) is 19.8 Å². The van der Waals surface area contributed by atoms with E-state index in [4.69, 9.17) is 15.1 Å². The van der Waals surface area contributed by atoms with Crippen molar-refractivity contribution in [1.82, 2.24) is 15.0 Å². The topological polar surface area (TPSA) is 180 Å². The Kier molecular flexibility index (Phi) is 8.98. The number of aromatic nitrogens is 2. The number of aryl methyl sites for hydroxylation is 1. The molecule has 2 unspecified atom stereocenters. The number of hydrogen-bond acceptors (Lipinski definition) is 12. The molecule has 0 radical (unpaired) electrons. The predicted octanol–water partition coefficient (Wildman–Crippen LogP) is -1.22. The average Bonchev–Trinajstić information content (AvgIpc) is 3.64. The third kappa shape index (κ3) is 5.83. The average molecular weight is 567 g/mol. The van der Waals surface area contributed by atoms with Gasteiger partial charge in [0, 0.05) is 23.1 Å². The molecule has 5 rings (SSSR count). The number of carboxylic acid groups (broad SMARTS) is 1. The van der Waals surface area contributed by atoms with Crippen LogP contribution in [0.25, 0.3) is 6.08 Å². The minimum atomic E-state index is -1.25. The summed E-state index contributed by atoms with van der Waals surface area (Å²) in [5.41, 5.74) is 6.80. The van der Waals surface area contributed by atoms with Gasteiger partial charge in [0.2, 0.25) is 0 Å². The number of carboxylic acids is 1. The van der Waals surface area contributed by atoms with Gasteiger partial charge in [0.1, 0.15) is 28.6 Å². The quantitative estimate of drug-likeness (QED) is 0.129. The third-order valence-corrected chi connectivity index (χ3v) is 8.05. The number of fused-ring (bicyclic) bond motifs is 1. The van der Waals surface area contributed by atoms with Crippen molar-refractivity contribution in [2.24, 2.45) is 10.1 Å². The van der Waals surface area contributed by atoms with E-state index in [1.807, 2.05) is 0 Å². The number of thiazole rings is 1. The fourth-order valence-electron chi connectivity index (χ4n) is 4.28. The molecule has 3 aliphatic rings. The molecular formula is C23H23N6NaO6S2. The van der Waals surface area contributed by atoms with Crippen molar-refractivity contribution in [3.8, 4) is 0 Å². The van der Waals surface area contributed by atoms with Gasteiger partial charge in [-0.25, -0.2) is 9.78 Å². The molecule has 4 heterocycles. The molecule has 1 saturated carbocycles. The number of nitrogens with zero attached hydrogens (tertiary/aromatic N) is 5. The van der Waals surface area contributed by atoms with Gasteiger partial charge in [-0.2, -0.15) is 0 Å². The molecule has 0 bridgehead atoms. The van der Waals surface area contributed by atoms with Crippen molar-refractivity contribution in [1.29, 1.82) is 0 Å². The number of carbonyl (C=O) groups is 2. The molecule has 2 aromatic rings. The van der Waals surface area contributed by atoms with Gasteiger partial charge < -0.3 is 25.3 Å². The number of aliphatic carboxylic acids is 1. The van der Waals surface area contributed by atoms with Crippen LogP contribution in [-0.4, -0.2) is 66.9 Å². The second-order valence-corrected chi connectivity index (χ2v) is 10.7. The maximum absolute atomic E-state index is 13.1. The minimum absolute atomic E-state index is 0. The zero-order valence-corrected chi connectivity index (χ0v) is 24.3. The molecule has 38 heavy (non-hydrogen) atoms. The van der Waals surface area contributed by atoms with Crippen molar-refractivity contribution in [2.75, 3.05) is 11.5 Å². The summed E-state index contributed by atoms with van der Waals surface area (Å²) in [5.74, 6) is -1.84. The normalized spacial score (nSPS) is 22.4. The van der Waals surface area contributed by atoms with Crippen LogP contribution < -0.4 is 40.4 Å². The van der Waals surface area contributed by atoms with Gasteiger partial charge in [0.05, 0.1) is 5.69 Å². The number of nitrogens with two attached hydrogens (primary N) is 1. The van der Waals surface area contributed by atoms with Crippen LogP contribution in [0.5, 0.6) is 0 Å². The van der Waals surface area contributed by atoms with E-state index in [1.54, 1.807) is 30.5 Å². The van der Waals surface area contributed by atoms with Crippen LogP contribution in [-0.2, 0) is 14.4 Å². The fourth-order valence-corrected chi connectivity index (χ4v) is 6.13. The van der Waals surface area contributed by atoms with Crippen molar-refractivity contribution in [2.45, 2.75) is 50.1 Å². The minimum Gasteiger partial charge on any atom is -0.857 e. The fraction of sp³-hybridized carbons (Fsp3) is 0.391. The first-order valence-corrected chi connectivity index (χ1v) is 13.5. The van der Waals surface area contributed by atoms with Gasteiger partial charge in [-0.1, -0.05) is 16.4 Å². The maximum atomic E-state index is 13.1. The van der Waals surface area contributed by atoms with Crippen molar-refractivity contribution >= 4 is 57.8 Å². The Hall–Kier alpha value is -2.65. The van der Waals surface area contributed by atoms with E-state index in [1.165, 1.54) is 11.8 Å². The van der Waals surface area contributed by atoms with E-state index in [-0.39, 0.29) is 57.9 Å². The van der Waals surface area contributed by atoms with Crippen LogP contribution in [0.15, 0.2) is 43.5 Å². The molecule has 12 nitrogen and oxygen atoms in total. The Labute approximate surface area is 248 Å². The third-order valence-electron chi connectivity index (χ3n) is 6.09. The molecule has 15 heteroatoms. The van der Waals surface area contributed by atoms with E-state index >= 15 is 0 Å². The first kappa shape index (κ1) is 28.4. The molecule has 194 valence electrons. The maximum Gasteiger partial charge on any atom is 1.00 e.